The summed E-state index contributed by atoms with van der Waals surface area (Å²) in [6.07, 6.45) is 4.83. The van der Waals surface area contributed by atoms with E-state index in [0.29, 0.717) is 24.4 Å². The molecule has 0 atom stereocenters. The third-order valence-electron chi connectivity index (χ3n) is 4.09. The largest absolute Gasteiger partial charge is 0.350 e. The summed E-state index contributed by atoms with van der Waals surface area (Å²) in [5, 5.41) is 3.76. The van der Waals surface area contributed by atoms with Gasteiger partial charge >= 0.3 is 0 Å². The van der Waals surface area contributed by atoms with E-state index in [4.69, 9.17) is 0 Å². The molecule has 0 fully saturated rings. The number of amides is 1. The second-order valence-electron chi connectivity index (χ2n) is 6.22. The van der Waals surface area contributed by atoms with Crippen molar-refractivity contribution in [3.8, 4) is 0 Å². The van der Waals surface area contributed by atoms with Gasteiger partial charge < -0.3 is 10.3 Å². The fourth-order valence-corrected chi connectivity index (χ4v) is 2.63. The van der Waals surface area contributed by atoms with Crippen molar-refractivity contribution in [2.24, 2.45) is 0 Å². The van der Waals surface area contributed by atoms with E-state index in [0.717, 1.165) is 10.9 Å². The van der Waals surface area contributed by atoms with Crippen LogP contribution in [0, 0.1) is 0 Å². The van der Waals surface area contributed by atoms with Crippen molar-refractivity contribution in [2.75, 3.05) is 6.54 Å². The van der Waals surface area contributed by atoms with E-state index in [1.54, 1.807) is 0 Å². The van der Waals surface area contributed by atoms with E-state index >= 15 is 0 Å². The van der Waals surface area contributed by atoms with Gasteiger partial charge in [-0.3, -0.25) is 14.6 Å². The van der Waals surface area contributed by atoms with E-state index in [-0.39, 0.29) is 17.2 Å². The first-order valence-electron chi connectivity index (χ1n) is 8.24. The first-order chi connectivity index (χ1) is 12.0. The number of aromatic amines is 1. The van der Waals surface area contributed by atoms with Gasteiger partial charge in [0.1, 0.15) is 5.69 Å². The van der Waals surface area contributed by atoms with Crippen LogP contribution in [0.3, 0.4) is 0 Å². The molecule has 0 spiro atoms. The molecule has 2 N–H and O–H groups in total. The number of nitrogens with zero attached hydrogens (tertiary/aromatic N) is 2. The topological polar surface area (TPSA) is 87.7 Å². The van der Waals surface area contributed by atoms with Gasteiger partial charge in [-0.25, -0.2) is 4.98 Å². The predicted octanol–water partition coefficient (Wildman–Crippen LogP) is 2.41. The number of carbonyl (C=O) groups excluding carboxylic acids is 1. The summed E-state index contributed by atoms with van der Waals surface area (Å²) in [6.45, 7) is 4.62. The minimum atomic E-state index is -0.299. The van der Waals surface area contributed by atoms with Crippen LogP contribution < -0.4 is 10.9 Å². The van der Waals surface area contributed by atoms with Crippen LogP contribution in [0.1, 0.15) is 41.4 Å². The van der Waals surface area contributed by atoms with Gasteiger partial charge in [-0.1, -0.05) is 19.9 Å². The van der Waals surface area contributed by atoms with Crippen LogP contribution >= 0.6 is 0 Å². The third-order valence-corrected chi connectivity index (χ3v) is 4.09. The van der Waals surface area contributed by atoms with E-state index in [9.17, 15) is 9.59 Å². The van der Waals surface area contributed by atoms with Gasteiger partial charge in [0.25, 0.3) is 11.5 Å². The monoisotopic (exact) mass is 336 g/mol. The number of aromatic nitrogens is 3. The number of rotatable bonds is 5. The molecule has 0 saturated carbocycles. The number of hydrogen-bond acceptors (Lipinski definition) is 4. The first-order valence-corrected chi connectivity index (χ1v) is 8.24. The molecule has 1 aromatic carbocycles. The summed E-state index contributed by atoms with van der Waals surface area (Å²) >= 11 is 0. The summed E-state index contributed by atoms with van der Waals surface area (Å²) in [4.78, 5) is 34.9. The Bertz CT molecular complexity index is 949. The molecule has 0 aliphatic carbocycles. The summed E-state index contributed by atoms with van der Waals surface area (Å²) in [7, 11) is 0. The Balaban J connectivity index is 1.73. The average molecular weight is 336 g/mol. The average Bonchev–Trinajstić information content (AvgIpc) is 2.62. The standard InChI is InChI=1S/C19H20N4O2/c1-12(2)13-3-4-16-15(9-13)10-14(18(24)23-16)5-6-22-19(25)17-11-20-7-8-21-17/h3-4,7-12H,5-6H2,1-2H3,(H,22,25)(H,23,24). The van der Waals surface area contributed by atoms with Crippen molar-refractivity contribution < 1.29 is 4.79 Å². The SMILES string of the molecule is CC(C)c1ccc2[nH]c(=O)c(CCNC(=O)c3cnccn3)cc2c1. The van der Waals surface area contributed by atoms with Crippen LogP contribution in [-0.4, -0.2) is 27.4 Å². The molecule has 0 aliphatic heterocycles. The predicted molar refractivity (Wildman–Crippen MR) is 96.7 cm³/mol. The number of carbonyl (C=O) groups is 1. The van der Waals surface area contributed by atoms with Gasteiger partial charge in [-0.05, 0) is 41.5 Å². The Kier molecular flexibility index (Phi) is 4.88. The van der Waals surface area contributed by atoms with E-state index in [1.165, 1.54) is 24.2 Å². The van der Waals surface area contributed by atoms with Crippen LogP contribution in [-0.2, 0) is 6.42 Å². The molecule has 25 heavy (non-hydrogen) atoms. The van der Waals surface area contributed by atoms with Gasteiger partial charge in [0, 0.05) is 30.0 Å². The zero-order valence-electron chi connectivity index (χ0n) is 14.2. The van der Waals surface area contributed by atoms with E-state index < -0.39 is 0 Å². The number of hydrogen-bond donors (Lipinski definition) is 2. The van der Waals surface area contributed by atoms with Crippen LogP contribution in [0.2, 0.25) is 0 Å². The molecule has 6 nitrogen and oxygen atoms in total. The minimum absolute atomic E-state index is 0.126. The van der Waals surface area contributed by atoms with Crippen LogP contribution in [0.15, 0.2) is 47.7 Å². The van der Waals surface area contributed by atoms with Gasteiger partial charge in [-0.15, -0.1) is 0 Å². The summed E-state index contributed by atoms with van der Waals surface area (Å²) in [5.41, 5.74) is 2.83. The van der Waals surface area contributed by atoms with Crippen molar-refractivity contribution >= 4 is 16.8 Å². The van der Waals surface area contributed by atoms with Gasteiger partial charge in [-0.2, -0.15) is 0 Å². The fourth-order valence-electron chi connectivity index (χ4n) is 2.63. The molecule has 0 saturated heterocycles. The lowest BCUT2D eigenvalue weighted by atomic mass is 10.0. The third kappa shape index (κ3) is 3.91. The quantitative estimate of drug-likeness (QED) is 0.749. The Morgan fingerprint density at radius 2 is 2.08 bits per heavy atom. The first kappa shape index (κ1) is 16.8. The summed E-state index contributed by atoms with van der Waals surface area (Å²) in [6, 6.07) is 7.96. The number of H-pyrrole nitrogens is 1. The van der Waals surface area contributed by atoms with Crippen molar-refractivity contribution in [1.29, 1.82) is 0 Å². The lowest BCUT2D eigenvalue weighted by molar-refractivity contribution is 0.0948. The van der Waals surface area contributed by atoms with Crippen LogP contribution in [0.5, 0.6) is 0 Å². The van der Waals surface area contributed by atoms with Crippen molar-refractivity contribution in [3.05, 3.63) is 70.0 Å². The number of nitrogens with one attached hydrogen (secondary N) is 2. The second kappa shape index (κ2) is 7.25. The number of benzene rings is 1. The number of pyridine rings is 1. The minimum Gasteiger partial charge on any atom is -0.350 e. The molecule has 3 aromatic rings. The maximum Gasteiger partial charge on any atom is 0.271 e. The molecule has 3 rings (SSSR count). The Morgan fingerprint density at radius 1 is 1.24 bits per heavy atom. The van der Waals surface area contributed by atoms with Crippen molar-refractivity contribution in [2.45, 2.75) is 26.2 Å². The van der Waals surface area contributed by atoms with E-state index in [2.05, 4.69) is 40.2 Å². The van der Waals surface area contributed by atoms with Gasteiger partial charge in [0.05, 0.1) is 6.20 Å². The molecule has 128 valence electrons. The Hall–Kier alpha value is -3.02. The highest BCUT2D eigenvalue weighted by atomic mass is 16.2. The van der Waals surface area contributed by atoms with Gasteiger partial charge in [0.15, 0.2) is 0 Å². The number of fused-ring (bicyclic) bond motifs is 1. The lowest BCUT2D eigenvalue weighted by Gasteiger charge is -2.09. The highest BCUT2D eigenvalue weighted by molar-refractivity contribution is 5.91. The zero-order valence-corrected chi connectivity index (χ0v) is 14.2. The normalized spacial score (nSPS) is 11.0. The summed E-state index contributed by atoms with van der Waals surface area (Å²) < 4.78 is 0. The van der Waals surface area contributed by atoms with Crippen LogP contribution in [0.4, 0.5) is 0 Å². The molecular weight excluding hydrogens is 316 g/mol. The maximum atomic E-state index is 12.2. The van der Waals surface area contributed by atoms with Crippen molar-refractivity contribution in [1.82, 2.24) is 20.3 Å². The fraction of sp³-hybridized carbons (Fsp3) is 0.263. The molecule has 6 heteroatoms. The zero-order chi connectivity index (χ0) is 17.8. The Labute approximate surface area is 145 Å². The molecule has 0 unspecified atom stereocenters. The summed E-state index contributed by atoms with van der Waals surface area (Å²) in [5.74, 6) is 0.124. The maximum absolute atomic E-state index is 12.2. The Morgan fingerprint density at radius 3 is 2.80 bits per heavy atom. The molecule has 0 bridgehead atoms. The molecule has 1 amide bonds. The highest BCUT2D eigenvalue weighted by Gasteiger charge is 2.08. The lowest BCUT2D eigenvalue weighted by Crippen LogP contribution is -2.28. The van der Waals surface area contributed by atoms with Gasteiger partial charge in [0.2, 0.25) is 0 Å². The van der Waals surface area contributed by atoms with E-state index in [1.807, 2.05) is 18.2 Å². The smallest absolute Gasteiger partial charge is 0.271 e. The molecular formula is C19H20N4O2. The second-order valence-corrected chi connectivity index (χ2v) is 6.22. The highest BCUT2D eigenvalue weighted by Crippen LogP contribution is 2.20. The molecule has 2 heterocycles. The molecule has 0 aliphatic rings. The van der Waals surface area contributed by atoms with Crippen LogP contribution in [0.25, 0.3) is 10.9 Å². The molecule has 2 aromatic heterocycles. The molecule has 0 radical (unpaired) electrons. The van der Waals surface area contributed by atoms with Crippen molar-refractivity contribution in [3.63, 3.8) is 0 Å².